The Morgan fingerprint density at radius 2 is 1.68 bits per heavy atom. The number of anilines is 4. The Balaban J connectivity index is 1.40. The smallest absolute Gasteiger partial charge is 0.260 e. The number of aromatic nitrogens is 1. The predicted molar refractivity (Wildman–Crippen MR) is 135 cm³/mol. The zero-order valence-electron chi connectivity index (χ0n) is 19.0. The number of aryl methyl sites for hydroxylation is 2. The van der Waals surface area contributed by atoms with Gasteiger partial charge in [0.15, 0.2) is 0 Å². The summed E-state index contributed by atoms with van der Waals surface area (Å²) in [6.45, 7) is 4.28. The fraction of sp³-hybridized carbons (Fsp3) is 0.107. The van der Waals surface area contributed by atoms with Crippen LogP contribution in [0.3, 0.4) is 0 Å². The summed E-state index contributed by atoms with van der Waals surface area (Å²) in [6.07, 6.45) is 1.51. The van der Waals surface area contributed by atoms with Crippen LogP contribution in [0.25, 0.3) is 0 Å². The molecule has 6 nitrogen and oxygen atoms in total. The van der Waals surface area contributed by atoms with Gasteiger partial charge < -0.3 is 15.5 Å². The van der Waals surface area contributed by atoms with E-state index in [9.17, 15) is 9.59 Å². The highest BCUT2D eigenvalue weighted by molar-refractivity contribution is 6.09. The topological polar surface area (TPSA) is 74.3 Å². The van der Waals surface area contributed by atoms with Gasteiger partial charge in [-0.3, -0.25) is 9.59 Å². The van der Waals surface area contributed by atoms with Gasteiger partial charge in [0.05, 0.1) is 23.5 Å². The van der Waals surface area contributed by atoms with Crippen molar-refractivity contribution in [1.82, 2.24) is 4.98 Å². The van der Waals surface area contributed by atoms with Gasteiger partial charge in [0.2, 0.25) is 0 Å². The molecule has 3 aromatic carbocycles. The number of nitrogens with one attached hydrogen (secondary N) is 2. The van der Waals surface area contributed by atoms with E-state index in [0.29, 0.717) is 23.5 Å². The summed E-state index contributed by atoms with van der Waals surface area (Å²) in [5.74, 6) is 0.00787. The standard InChI is InChI=1S/C28H24N4O2/c1-18-11-12-19(2)22(15-18)27(33)31-26-14-13-20(16-29-26)28(34)32-17-21-7-3-4-8-23(21)30-24-9-5-6-10-25(24)32/h3-16,30H,17H2,1-2H3,(H,29,31,33). The minimum Gasteiger partial charge on any atom is -0.354 e. The summed E-state index contributed by atoms with van der Waals surface area (Å²) < 4.78 is 0. The van der Waals surface area contributed by atoms with Crippen LogP contribution in [0.4, 0.5) is 22.9 Å². The quantitative estimate of drug-likeness (QED) is 0.412. The third kappa shape index (κ3) is 4.13. The molecule has 4 aromatic rings. The molecule has 0 bridgehead atoms. The number of rotatable bonds is 3. The molecule has 2 amide bonds. The molecule has 1 aromatic heterocycles. The fourth-order valence-electron chi connectivity index (χ4n) is 4.09. The van der Waals surface area contributed by atoms with Gasteiger partial charge in [0.1, 0.15) is 5.82 Å². The van der Waals surface area contributed by atoms with Gasteiger partial charge in [0, 0.05) is 17.4 Å². The molecular weight excluding hydrogens is 424 g/mol. The van der Waals surface area contributed by atoms with Crippen LogP contribution in [-0.2, 0) is 6.54 Å². The first-order valence-electron chi connectivity index (χ1n) is 11.1. The summed E-state index contributed by atoms with van der Waals surface area (Å²) in [5, 5.41) is 6.26. The first-order chi connectivity index (χ1) is 16.5. The number of benzene rings is 3. The summed E-state index contributed by atoms with van der Waals surface area (Å²) in [7, 11) is 0. The molecule has 6 heteroatoms. The van der Waals surface area contributed by atoms with E-state index in [0.717, 1.165) is 33.8 Å². The first-order valence-corrected chi connectivity index (χ1v) is 11.1. The van der Waals surface area contributed by atoms with E-state index in [1.807, 2.05) is 80.6 Å². The van der Waals surface area contributed by atoms with E-state index < -0.39 is 0 Å². The van der Waals surface area contributed by atoms with Crippen LogP contribution in [0.1, 0.15) is 37.4 Å². The zero-order valence-corrected chi connectivity index (χ0v) is 19.0. The van der Waals surface area contributed by atoms with E-state index in [2.05, 4.69) is 15.6 Å². The molecule has 0 atom stereocenters. The van der Waals surface area contributed by atoms with Crippen molar-refractivity contribution in [3.63, 3.8) is 0 Å². The molecule has 34 heavy (non-hydrogen) atoms. The Morgan fingerprint density at radius 1 is 0.912 bits per heavy atom. The van der Waals surface area contributed by atoms with Gasteiger partial charge in [0.25, 0.3) is 11.8 Å². The maximum Gasteiger partial charge on any atom is 0.260 e. The molecule has 0 aliphatic carbocycles. The van der Waals surface area contributed by atoms with E-state index in [4.69, 9.17) is 0 Å². The third-order valence-corrected chi connectivity index (χ3v) is 5.94. The van der Waals surface area contributed by atoms with Crippen molar-refractivity contribution < 1.29 is 9.59 Å². The van der Waals surface area contributed by atoms with Gasteiger partial charge in [-0.25, -0.2) is 4.98 Å². The van der Waals surface area contributed by atoms with Crippen LogP contribution < -0.4 is 15.5 Å². The zero-order chi connectivity index (χ0) is 23.7. The molecule has 1 aliphatic heterocycles. The summed E-state index contributed by atoms with van der Waals surface area (Å²) in [5.41, 5.74) is 6.63. The van der Waals surface area contributed by atoms with Crippen LogP contribution in [0.2, 0.25) is 0 Å². The minimum absolute atomic E-state index is 0.161. The van der Waals surface area contributed by atoms with Crippen LogP contribution in [-0.4, -0.2) is 16.8 Å². The fourth-order valence-corrected chi connectivity index (χ4v) is 4.09. The highest BCUT2D eigenvalue weighted by atomic mass is 16.2. The maximum absolute atomic E-state index is 13.5. The molecule has 0 saturated heterocycles. The average molecular weight is 449 g/mol. The van der Waals surface area contributed by atoms with Crippen LogP contribution in [0.15, 0.2) is 85.1 Å². The van der Waals surface area contributed by atoms with E-state index >= 15 is 0 Å². The van der Waals surface area contributed by atoms with Crippen molar-refractivity contribution in [1.29, 1.82) is 0 Å². The SMILES string of the molecule is Cc1ccc(C)c(C(=O)Nc2ccc(C(=O)N3Cc4ccccc4Nc4ccccc43)cn2)c1. The summed E-state index contributed by atoms with van der Waals surface area (Å²) in [6, 6.07) is 24.8. The minimum atomic E-state index is -0.225. The Labute approximate surface area is 198 Å². The third-order valence-electron chi connectivity index (χ3n) is 5.94. The lowest BCUT2D eigenvalue weighted by atomic mass is 10.1. The van der Waals surface area contributed by atoms with E-state index in [1.165, 1.54) is 6.20 Å². The maximum atomic E-state index is 13.5. The van der Waals surface area contributed by atoms with Gasteiger partial charge in [-0.1, -0.05) is 48.0 Å². The molecule has 0 spiro atoms. The number of hydrogen-bond acceptors (Lipinski definition) is 4. The molecule has 0 fully saturated rings. The summed E-state index contributed by atoms with van der Waals surface area (Å²) in [4.78, 5) is 32.3. The van der Waals surface area contributed by atoms with E-state index in [-0.39, 0.29) is 11.8 Å². The Kier molecular flexibility index (Phi) is 5.55. The van der Waals surface area contributed by atoms with Crippen molar-refractivity contribution in [2.24, 2.45) is 0 Å². The number of nitrogens with zero attached hydrogens (tertiary/aromatic N) is 2. The molecule has 0 saturated carbocycles. The number of carbonyl (C=O) groups excluding carboxylic acids is 2. The molecule has 5 rings (SSSR count). The lowest BCUT2D eigenvalue weighted by Gasteiger charge is -2.22. The summed E-state index contributed by atoms with van der Waals surface area (Å²) >= 11 is 0. The molecular formula is C28H24N4O2. The number of para-hydroxylation sites is 3. The first kappa shape index (κ1) is 21.4. The van der Waals surface area contributed by atoms with Crippen LogP contribution in [0, 0.1) is 13.8 Å². The van der Waals surface area contributed by atoms with Gasteiger partial charge in [-0.15, -0.1) is 0 Å². The lowest BCUT2D eigenvalue weighted by Crippen LogP contribution is -2.30. The number of hydrogen-bond donors (Lipinski definition) is 2. The number of amides is 2. The largest absolute Gasteiger partial charge is 0.354 e. The van der Waals surface area contributed by atoms with Crippen molar-refractivity contribution >= 4 is 34.7 Å². The Bertz CT molecular complexity index is 1400. The van der Waals surface area contributed by atoms with Crippen LogP contribution >= 0.6 is 0 Å². The van der Waals surface area contributed by atoms with Crippen molar-refractivity contribution in [3.05, 3.63) is 113 Å². The highest BCUT2D eigenvalue weighted by Crippen LogP contribution is 2.36. The van der Waals surface area contributed by atoms with Crippen molar-refractivity contribution in [2.45, 2.75) is 20.4 Å². The molecule has 1 aliphatic rings. The van der Waals surface area contributed by atoms with Gasteiger partial charge in [-0.05, 0) is 61.4 Å². The Morgan fingerprint density at radius 3 is 2.47 bits per heavy atom. The molecule has 168 valence electrons. The Hall–Kier alpha value is -4.45. The molecule has 2 N–H and O–H groups in total. The van der Waals surface area contributed by atoms with Crippen LogP contribution in [0.5, 0.6) is 0 Å². The molecule has 0 radical (unpaired) electrons. The molecule has 0 unspecified atom stereocenters. The normalized spacial score (nSPS) is 12.1. The number of carbonyl (C=O) groups is 2. The number of fused-ring (bicyclic) bond motifs is 2. The average Bonchev–Trinajstić information content (AvgIpc) is 3.02. The highest BCUT2D eigenvalue weighted by Gasteiger charge is 2.25. The second-order valence-electron chi connectivity index (χ2n) is 8.40. The second kappa shape index (κ2) is 8.83. The van der Waals surface area contributed by atoms with Gasteiger partial charge >= 0.3 is 0 Å². The second-order valence-corrected chi connectivity index (χ2v) is 8.40. The van der Waals surface area contributed by atoms with Gasteiger partial charge in [-0.2, -0.15) is 0 Å². The molecule has 2 heterocycles. The lowest BCUT2D eigenvalue weighted by molar-refractivity contribution is 0.0984. The van der Waals surface area contributed by atoms with E-state index in [1.54, 1.807) is 17.0 Å². The van der Waals surface area contributed by atoms with Crippen molar-refractivity contribution in [2.75, 3.05) is 15.5 Å². The monoisotopic (exact) mass is 448 g/mol. The predicted octanol–water partition coefficient (Wildman–Crippen LogP) is 5.85. The van der Waals surface area contributed by atoms with Crippen molar-refractivity contribution in [3.8, 4) is 0 Å². The number of pyridine rings is 1.